The average Bonchev–Trinajstić information content (AvgIpc) is 3.30. The van der Waals surface area contributed by atoms with E-state index in [1.165, 1.54) is 0 Å². The average molecular weight is 351 g/mol. The highest BCUT2D eigenvalue weighted by Gasteiger charge is 2.21. The van der Waals surface area contributed by atoms with E-state index in [-0.39, 0.29) is 5.91 Å². The van der Waals surface area contributed by atoms with Crippen LogP contribution in [0.4, 0.5) is 5.69 Å². The summed E-state index contributed by atoms with van der Waals surface area (Å²) in [6, 6.07) is 8.90. The van der Waals surface area contributed by atoms with E-state index in [1.54, 1.807) is 46.2 Å². The van der Waals surface area contributed by atoms with Crippen molar-refractivity contribution in [3.63, 3.8) is 0 Å². The van der Waals surface area contributed by atoms with Gasteiger partial charge in [0.1, 0.15) is 11.3 Å². The van der Waals surface area contributed by atoms with Crippen LogP contribution in [-0.2, 0) is 4.79 Å². The predicted molar refractivity (Wildman–Crippen MR) is 94.9 cm³/mol. The number of hydrazine groups is 1. The van der Waals surface area contributed by atoms with Gasteiger partial charge in [-0.3, -0.25) is 15.0 Å². The molecule has 0 aliphatic carbocycles. The Morgan fingerprint density at radius 3 is 2.77 bits per heavy atom. The largest absolute Gasteiger partial charge is 0.455 e. The lowest BCUT2D eigenvalue weighted by atomic mass is 10.2. The summed E-state index contributed by atoms with van der Waals surface area (Å²) < 4.78 is 7.64. The second kappa shape index (κ2) is 6.49. The van der Waals surface area contributed by atoms with Crippen molar-refractivity contribution in [3.05, 3.63) is 54.6 Å². The highest BCUT2D eigenvalue weighted by Crippen LogP contribution is 2.30. The molecule has 3 aromatic rings. The van der Waals surface area contributed by atoms with Gasteiger partial charge in [-0.05, 0) is 36.8 Å². The zero-order chi connectivity index (χ0) is 18.1. The molecular formula is C18H17N5O3. The van der Waals surface area contributed by atoms with Crippen molar-refractivity contribution in [2.45, 2.75) is 12.8 Å². The monoisotopic (exact) mass is 351 g/mol. The van der Waals surface area contributed by atoms with Crippen molar-refractivity contribution in [2.75, 3.05) is 11.4 Å². The molecule has 0 atom stereocenters. The lowest BCUT2D eigenvalue weighted by Crippen LogP contribution is -2.30. The normalized spacial score (nSPS) is 14.0. The topological polar surface area (TPSA) is 102 Å². The van der Waals surface area contributed by atoms with E-state index in [0.717, 1.165) is 24.2 Å². The highest BCUT2D eigenvalue weighted by molar-refractivity contribution is 5.95. The molecule has 2 amide bonds. The molecular weight excluding hydrogens is 334 g/mol. The Morgan fingerprint density at radius 2 is 2.08 bits per heavy atom. The van der Waals surface area contributed by atoms with Crippen molar-refractivity contribution >= 4 is 23.0 Å². The molecule has 0 spiro atoms. The predicted octanol–water partition coefficient (Wildman–Crippen LogP) is 1.86. The second-order valence-electron chi connectivity index (χ2n) is 6.00. The van der Waals surface area contributed by atoms with Crippen LogP contribution in [0.1, 0.15) is 23.2 Å². The molecule has 3 N–H and O–H groups in total. The van der Waals surface area contributed by atoms with Gasteiger partial charge in [-0.15, -0.1) is 0 Å². The number of carbonyl (C=O) groups excluding carboxylic acids is 2. The number of anilines is 1. The number of nitrogens with zero attached hydrogens (tertiary/aromatic N) is 3. The maximum atomic E-state index is 11.8. The molecule has 1 saturated heterocycles. The van der Waals surface area contributed by atoms with Gasteiger partial charge in [0, 0.05) is 24.8 Å². The maximum absolute atomic E-state index is 11.8. The van der Waals surface area contributed by atoms with Crippen LogP contribution in [0.25, 0.3) is 5.52 Å². The lowest BCUT2D eigenvalue weighted by Gasteiger charge is -2.16. The Morgan fingerprint density at radius 1 is 1.27 bits per heavy atom. The third kappa shape index (κ3) is 2.86. The number of amides is 2. The molecule has 1 aliphatic rings. The Kier molecular flexibility index (Phi) is 4.02. The Hall–Kier alpha value is -3.39. The minimum Gasteiger partial charge on any atom is -0.455 e. The number of carbonyl (C=O) groups is 2. The SMILES string of the molecule is NNC(=O)c1cc(Oc2ccc(N3CCCC3=O)cc2)c2cncn2c1. The fourth-order valence-corrected chi connectivity index (χ4v) is 3.03. The van der Waals surface area contributed by atoms with Gasteiger partial charge in [0.15, 0.2) is 5.75 Å². The number of aromatic nitrogens is 2. The number of pyridine rings is 1. The van der Waals surface area contributed by atoms with Crippen LogP contribution < -0.4 is 20.9 Å². The first-order valence-electron chi connectivity index (χ1n) is 8.20. The number of ether oxygens (including phenoxy) is 1. The molecule has 3 heterocycles. The molecule has 4 rings (SSSR count). The molecule has 26 heavy (non-hydrogen) atoms. The number of fused-ring (bicyclic) bond motifs is 1. The highest BCUT2D eigenvalue weighted by atomic mass is 16.5. The molecule has 1 fully saturated rings. The van der Waals surface area contributed by atoms with Crippen LogP contribution in [0, 0.1) is 0 Å². The first kappa shape index (κ1) is 16.1. The van der Waals surface area contributed by atoms with Gasteiger partial charge in [-0.1, -0.05) is 0 Å². The van der Waals surface area contributed by atoms with E-state index in [0.29, 0.717) is 23.5 Å². The van der Waals surface area contributed by atoms with Crippen LogP contribution in [-0.4, -0.2) is 27.7 Å². The van der Waals surface area contributed by atoms with Crippen LogP contribution >= 0.6 is 0 Å². The van der Waals surface area contributed by atoms with Crippen LogP contribution in [0.15, 0.2) is 49.1 Å². The minimum atomic E-state index is -0.423. The van der Waals surface area contributed by atoms with Crippen molar-refractivity contribution in [3.8, 4) is 11.5 Å². The smallest absolute Gasteiger partial charge is 0.266 e. The van der Waals surface area contributed by atoms with E-state index in [4.69, 9.17) is 10.6 Å². The van der Waals surface area contributed by atoms with E-state index in [1.807, 2.05) is 12.1 Å². The van der Waals surface area contributed by atoms with Gasteiger partial charge < -0.3 is 14.0 Å². The third-order valence-corrected chi connectivity index (χ3v) is 4.33. The van der Waals surface area contributed by atoms with Gasteiger partial charge in [0.2, 0.25) is 5.91 Å². The number of nitrogen functional groups attached to an aromatic ring is 1. The van der Waals surface area contributed by atoms with Crippen molar-refractivity contribution in [1.29, 1.82) is 0 Å². The van der Waals surface area contributed by atoms with E-state index < -0.39 is 5.91 Å². The fraction of sp³-hybridized carbons (Fsp3) is 0.167. The van der Waals surface area contributed by atoms with Gasteiger partial charge in [-0.25, -0.2) is 10.8 Å². The van der Waals surface area contributed by atoms with Gasteiger partial charge in [-0.2, -0.15) is 0 Å². The molecule has 1 aliphatic heterocycles. The Bertz CT molecular complexity index is 980. The van der Waals surface area contributed by atoms with E-state index in [2.05, 4.69) is 10.4 Å². The first-order valence-corrected chi connectivity index (χ1v) is 8.20. The van der Waals surface area contributed by atoms with Gasteiger partial charge in [0.25, 0.3) is 5.91 Å². The van der Waals surface area contributed by atoms with Gasteiger partial charge in [0.05, 0.1) is 18.1 Å². The lowest BCUT2D eigenvalue weighted by molar-refractivity contribution is -0.117. The number of hydrogen-bond acceptors (Lipinski definition) is 5. The molecule has 0 bridgehead atoms. The standard InChI is InChI=1S/C18H17N5O3/c19-21-18(25)12-8-16(15-9-20-11-22(15)10-12)26-14-5-3-13(4-6-14)23-7-1-2-17(23)24/h3-6,8-11H,1-2,7,19H2,(H,21,25). The summed E-state index contributed by atoms with van der Waals surface area (Å²) in [6.45, 7) is 0.742. The van der Waals surface area contributed by atoms with Crippen LogP contribution in [0.3, 0.4) is 0 Å². The summed E-state index contributed by atoms with van der Waals surface area (Å²) in [7, 11) is 0. The molecule has 0 unspecified atom stereocenters. The molecule has 1 aromatic carbocycles. The van der Waals surface area contributed by atoms with Gasteiger partial charge >= 0.3 is 0 Å². The van der Waals surface area contributed by atoms with E-state index in [9.17, 15) is 9.59 Å². The van der Waals surface area contributed by atoms with Crippen molar-refractivity contribution < 1.29 is 14.3 Å². The summed E-state index contributed by atoms with van der Waals surface area (Å²) in [5.41, 5.74) is 4.03. The molecule has 0 saturated carbocycles. The van der Waals surface area contributed by atoms with Crippen molar-refractivity contribution in [1.82, 2.24) is 14.8 Å². The molecule has 132 valence electrons. The van der Waals surface area contributed by atoms with Crippen LogP contribution in [0.5, 0.6) is 11.5 Å². The summed E-state index contributed by atoms with van der Waals surface area (Å²) in [5.74, 6) is 6.00. The molecule has 8 nitrogen and oxygen atoms in total. The zero-order valence-electron chi connectivity index (χ0n) is 13.9. The summed E-state index contributed by atoms with van der Waals surface area (Å²) in [6.07, 6.45) is 6.33. The second-order valence-corrected chi connectivity index (χ2v) is 6.00. The number of nitrogens with two attached hydrogens (primary N) is 1. The number of benzene rings is 1. The number of rotatable bonds is 4. The molecule has 8 heteroatoms. The minimum absolute atomic E-state index is 0.139. The number of hydrogen-bond donors (Lipinski definition) is 2. The first-order chi connectivity index (χ1) is 12.7. The Balaban J connectivity index is 1.63. The van der Waals surface area contributed by atoms with Crippen LogP contribution in [0.2, 0.25) is 0 Å². The number of nitrogens with one attached hydrogen (secondary N) is 1. The summed E-state index contributed by atoms with van der Waals surface area (Å²) >= 11 is 0. The molecule has 0 radical (unpaired) electrons. The Labute approximate surface area is 149 Å². The quantitative estimate of drug-likeness (QED) is 0.424. The summed E-state index contributed by atoms with van der Waals surface area (Å²) in [4.78, 5) is 29.5. The maximum Gasteiger partial charge on any atom is 0.266 e. The third-order valence-electron chi connectivity index (χ3n) is 4.33. The summed E-state index contributed by atoms with van der Waals surface area (Å²) in [5, 5.41) is 0. The zero-order valence-corrected chi connectivity index (χ0v) is 13.9. The van der Waals surface area contributed by atoms with E-state index >= 15 is 0 Å². The molecule has 2 aromatic heterocycles. The van der Waals surface area contributed by atoms with Crippen molar-refractivity contribution in [2.24, 2.45) is 5.84 Å². The number of imidazole rings is 1. The fourth-order valence-electron chi connectivity index (χ4n) is 3.03.